The first-order chi connectivity index (χ1) is 11.2. The second-order valence-corrected chi connectivity index (χ2v) is 5.45. The van der Waals surface area contributed by atoms with Crippen LogP contribution in [0.25, 0.3) is 21.5 Å². The lowest BCUT2D eigenvalue weighted by molar-refractivity contribution is 0.477. The molecular formula is C21H18O2. The predicted molar refractivity (Wildman–Crippen MR) is 96.0 cm³/mol. The lowest BCUT2D eigenvalue weighted by Gasteiger charge is -2.02. The van der Waals surface area contributed by atoms with Gasteiger partial charge in [0.2, 0.25) is 0 Å². The van der Waals surface area contributed by atoms with Gasteiger partial charge >= 0.3 is 0 Å². The molecule has 2 nitrogen and oxygen atoms in total. The molecule has 23 heavy (non-hydrogen) atoms. The zero-order chi connectivity index (χ0) is 16.2. The van der Waals surface area contributed by atoms with E-state index in [9.17, 15) is 10.2 Å². The van der Waals surface area contributed by atoms with Crippen molar-refractivity contribution in [2.24, 2.45) is 0 Å². The van der Waals surface area contributed by atoms with Crippen LogP contribution in [-0.2, 0) is 0 Å². The number of hydrogen-bond acceptors (Lipinski definition) is 2. The molecule has 0 saturated heterocycles. The molecular weight excluding hydrogens is 284 g/mol. The van der Waals surface area contributed by atoms with Crippen LogP contribution in [0.3, 0.4) is 0 Å². The van der Waals surface area contributed by atoms with Gasteiger partial charge < -0.3 is 10.2 Å². The SMILES string of the molecule is Cc1ccc2ccccc2c1O.Oc1cccc2ccccc12. The third kappa shape index (κ3) is 3.11. The van der Waals surface area contributed by atoms with Gasteiger partial charge in [0, 0.05) is 10.8 Å². The average Bonchev–Trinajstić information content (AvgIpc) is 2.60. The fourth-order valence-corrected chi connectivity index (χ4v) is 2.57. The average molecular weight is 302 g/mol. The molecule has 114 valence electrons. The fourth-order valence-electron chi connectivity index (χ4n) is 2.57. The van der Waals surface area contributed by atoms with Gasteiger partial charge in [0.1, 0.15) is 11.5 Å². The number of aromatic hydroxyl groups is 2. The Morgan fingerprint density at radius 3 is 1.83 bits per heavy atom. The van der Waals surface area contributed by atoms with E-state index in [0.717, 1.165) is 27.1 Å². The third-order valence-electron chi connectivity index (χ3n) is 3.87. The van der Waals surface area contributed by atoms with Crippen LogP contribution in [0.2, 0.25) is 0 Å². The highest BCUT2D eigenvalue weighted by molar-refractivity contribution is 5.89. The molecule has 0 atom stereocenters. The van der Waals surface area contributed by atoms with Crippen LogP contribution >= 0.6 is 0 Å². The lowest BCUT2D eigenvalue weighted by Crippen LogP contribution is -1.77. The molecule has 0 aromatic heterocycles. The Bertz CT molecular complexity index is 953. The topological polar surface area (TPSA) is 40.5 Å². The van der Waals surface area contributed by atoms with Crippen molar-refractivity contribution in [3.05, 3.63) is 84.4 Å². The summed E-state index contributed by atoms with van der Waals surface area (Å²) in [7, 11) is 0. The Balaban J connectivity index is 0.000000136. The molecule has 0 saturated carbocycles. The quantitative estimate of drug-likeness (QED) is 0.456. The number of phenols is 2. The van der Waals surface area contributed by atoms with E-state index >= 15 is 0 Å². The van der Waals surface area contributed by atoms with Gasteiger partial charge in [-0.1, -0.05) is 72.8 Å². The summed E-state index contributed by atoms with van der Waals surface area (Å²) in [5, 5.41) is 23.0. The Kier molecular flexibility index (Phi) is 4.15. The lowest BCUT2D eigenvalue weighted by atomic mass is 10.1. The van der Waals surface area contributed by atoms with Gasteiger partial charge in [0.25, 0.3) is 0 Å². The number of phenolic OH excluding ortho intramolecular Hbond substituents is 2. The van der Waals surface area contributed by atoms with Crippen LogP contribution in [0, 0.1) is 6.92 Å². The first-order valence-corrected chi connectivity index (χ1v) is 7.51. The molecule has 4 rings (SSSR count). The molecule has 2 heteroatoms. The summed E-state index contributed by atoms with van der Waals surface area (Å²) in [6.45, 7) is 1.90. The van der Waals surface area contributed by atoms with Crippen LogP contribution in [0.4, 0.5) is 0 Å². The molecule has 0 aliphatic heterocycles. The smallest absolute Gasteiger partial charge is 0.126 e. The van der Waals surface area contributed by atoms with Gasteiger partial charge in [0.05, 0.1) is 0 Å². The zero-order valence-corrected chi connectivity index (χ0v) is 12.9. The monoisotopic (exact) mass is 302 g/mol. The van der Waals surface area contributed by atoms with Crippen LogP contribution in [-0.4, -0.2) is 10.2 Å². The molecule has 0 unspecified atom stereocenters. The van der Waals surface area contributed by atoms with Gasteiger partial charge in [-0.2, -0.15) is 0 Å². The fraction of sp³-hybridized carbons (Fsp3) is 0.0476. The molecule has 0 bridgehead atoms. The maximum atomic E-state index is 9.66. The molecule has 0 spiro atoms. The zero-order valence-electron chi connectivity index (χ0n) is 12.9. The van der Waals surface area contributed by atoms with Crippen LogP contribution in [0.15, 0.2) is 78.9 Å². The van der Waals surface area contributed by atoms with E-state index in [0.29, 0.717) is 11.5 Å². The number of aryl methyl sites for hydroxylation is 1. The minimum absolute atomic E-state index is 0.350. The van der Waals surface area contributed by atoms with E-state index < -0.39 is 0 Å². The van der Waals surface area contributed by atoms with Crippen molar-refractivity contribution < 1.29 is 10.2 Å². The van der Waals surface area contributed by atoms with Crippen molar-refractivity contribution in [3.8, 4) is 11.5 Å². The van der Waals surface area contributed by atoms with Gasteiger partial charge in [0.15, 0.2) is 0 Å². The normalized spacial score (nSPS) is 10.3. The predicted octanol–water partition coefficient (Wildman–Crippen LogP) is 5.40. The molecule has 4 aromatic rings. The summed E-state index contributed by atoms with van der Waals surface area (Å²) < 4.78 is 0. The first-order valence-electron chi connectivity index (χ1n) is 7.51. The van der Waals surface area contributed by atoms with Gasteiger partial charge in [-0.05, 0) is 29.3 Å². The summed E-state index contributed by atoms with van der Waals surface area (Å²) in [5.41, 5.74) is 0.925. The standard InChI is InChI=1S/C11H10O.C10H8O/c1-8-6-7-9-4-2-3-5-10(9)11(8)12;11-10-7-3-5-8-4-1-2-6-9(8)10/h2-7,12H,1H3;1-7,11H. The van der Waals surface area contributed by atoms with Crippen molar-refractivity contribution in [1.29, 1.82) is 0 Å². The molecule has 4 aromatic carbocycles. The second-order valence-electron chi connectivity index (χ2n) is 5.45. The summed E-state index contributed by atoms with van der Waals surface area (Å²) in [6.07, 6.45) is 0. The Hall–Kier alpha value is -3.00. The molecule has 0 aliphatic carbocycles. The number of hydrogen-bond donors (Lipinski definition) is 2. The van der Waals surface area contributed by atoms with Crippen LogP contribution in [0.1, 0.15) is 5.56 Å². The van der Waals surface area contributed by atoms with Crippen molar-refractivity contribution in [3.63, 3.8) is 0 Å². The van der Waals surface area contributed by atoms with Crippen LogP contribution in [0.5, 0.6) is 11.5 Å². The van der Waals surface area contributed by atoms with Crippen molar-refractivity contribution in [1.82, 2.24) is 0 Å². The molecule has 0 fully saturated rings. The van der Waals surface area contributed by atoms with E-state index in [1.165, 1.54) is 0 Å². The Labute approximate surface area is 135 Å². The Morgan fingerprint density at radius 1 is 0.565 bits per heavy atom. The van der Waals surface area contributed by atoms with E-state index in [2.05, 4.69) is 0 Å². The Morgan fingerprint density at radius 2 is 1.13 bits per heavy atom. The van der Waals surface area contributed by atoms with Gasteiger partial charge in [-0.15, -0.1) is 0 Å². The first kappa shape index (κ1) is 14.9. The highest BCUT2D eigenvalue weighted by Crippen LogP contribution is 2.27. The largest absolute Gasteiger partial charge is 0.507 e. The van der Waals surface area contributed by atoms with E-state index in [-0.39, 0.29) is 0 Å². The maximum absolute atomic E-state index is 9.66. The molecule has 0 aliphatic rings. The summed E-state index contributed by atoms with van der Waals surface area (Å²) in [6, 6.07) is 25.1. The summed E-state index contributed by atoms with van der Waals surface area (Å²) in [4.78, 5) is 0. The third-order valence-corrected chi connectivity index (χ3v) is 3.87. The van der Waals surface area contributed by atoms with E-state index in [4.69, 9.17) is 0 Å². The maximum Gasteiger partial charge on any atom is 0.126 e. The highest BCUT2D eigenvalue weighted by atomic mass is 16.3. The molecule has 0 amide bonds. The van der Waals surface area contributed by atoms with Crippen molar-refractivity contribution >= 4 is 21.5 Å². The minimum atomic E-state index is 0.350. The molecule has 2 N–H and O–H groups in total. The highest BCUT2D eigenvalue weighted by Gasteiger charge is 2.00. The molecule has 0 radical (unpaired) electrons. The second kappa shape index (κ2) is 6.41. The minimum Gasteiger partial charge on any atom is -0.507 e. The number of fused-ring (bicyclic) bond motifs is 2. The number of benzene rings is 4. The van der Waals surface area contributed by atoms with E-state index in [1.807, 2.05) is 79.7 Å². The summed E-state index contributed by atoms with van der Waals surface area (Å²) in [5.74, 6) is 0.746. The van der Waals surface area contributed by atoms with Crippen molar-refractivity contribution in [2.45, 2.75) is 6.92 Å². The molecule has 0 heterocycles. The number of rotatable bonds is 0. The van der Waals surface area contributed by atoms with Crippen LogP contribution < -0.4 is 0 Å². The van der Waals surface area contributed by atoms with Gasteiger partial charge in [-0.3, -0.25) is 0 Å². The van der Waals surface area contributed by atoms with Gasteiger partial charge in [-0.25, -0.2) is 0 Å². The summed E-state index contributed by atoms with van der Waals surface area (Å²) >= 11 is 0. The van der Waals surface area contributed by atoms with E-state index in [1.54, 1.807) is 6.07 Å². The van der Waals surface area contributed by atoms with Crippen molar-refractivity contribution in [2.75, 3.05) is 0 Å².